The van der Waals surface area contributed by atoms with Gasteiger partial charge in [0.1, 0.15) is 0 Å². The Hall–Kier alpha value is -0.580. The third-order valence-corrected chi connectivity index (χ3v) is 3.86. The Balaban J connectivity index is 2.11. The Morgan fingerprint density at radius 3 is 2.78 bits per heavy atom. The van der Waals surface area contributed by atoms with Crippen LogP contribution in [-0.4, -0.2) is 30.8 Å². The highest BCUT2D eigenvalue weighted by molar-refractivity contribution is 9.10. The molecule has 0 heterocycles. The van der Waals surface area contributed by atoms with Crippen molar-refractivity contribution in [1.29, 1.82) is 0 Å². The summed E-state index contributed by atoms with van der Waals surface area (Å²) in [4.78, 5) is 2.31. The fourth-order valence-electron chi connectivity index (χ4n) is 2.16. The number of aliphatic hydroxyl groups is 1. The minimum absolute atomic E-state index is 0.210. The smallest absolute Gasteiger partial charge is 0.0606 e. The van der Waals surface area contributed by atoms with Crippen LogP contribution in [0.5, 0.6) is 0 Å². The van der Waals surface area contributed by atoms with Gasteiger partial charge in [0, 0.05) is 23.6 Å². The molecule has 0 aliphatic heterocycles. The molecule has 0 saturated heterocycles. The highest BCUT2D eigenvalue weighted by Crippen LogP contribution is 2.35. The molecular formula is C14H21BrN2O. The Morgan fingerprint density at radius 2 is 2.22 bits per heavy atom. The second-order valence-corrected chi connectivity index (χ2v) is 5.57. The first-order chi connectivity index (χ1) is 8.76. The Morgan fingerprint density at radius 1 is 1.44 bits per heavy atom. The maximum absolute atomic E-state index is 9.17. The van der Waals surface area contributed by atoms with Gasteiger partial charge in [-0.25, -0.2) is 0 Å². The average Bonchev–Trinajstić information content (AvgIpc) is 3.18. The lowest BCUT2D eigenvalue weighted by atomic mass is 10.2. The van der Waals surface area contributed by atoms with Crippen molar-refractivity contribution in [2.45, 2.75) is 32.4 Å². The lowest BCUT2D eigenvalue weighted by Crippen LogP contribution is -2.29. The van der Waals surface area contributed by atoms with Gasteiger partial charge in [-0.1, -0.05) is 13.0 Å². The third kappa shape index (κ3) is 3.46. The van der Waals surface area contributed by atoms with Crippen LogP contribution in [0.3, 0.4) is 0 Å². The van der Waals surface area contributed by atoms with Gasteiger partial charge in [0.25, 0.3) is 0 Å². The van der Waals surface area contributed by atoms with Crippen molar-refractivity contribution in [3.63, 3.8) is 0 Å². The van der Waals surface area contributed by atoms with Crippen molar-refractivity contribution in [3.05, 3.63) is 28.2 Å². The van der Waals surface area contributed by atoms with E-state index in [1.165, 1.54) is 24.1 Å². The summed E-state index contributed by atoms with van der Waals surface area (Å²) in [6.07, 6.45) is 2.48. The van der Waals surface area contributed by atoms with Gasteiger partial charge in [-0.15, -0.1) is 0 Å². The normalized spacial score (nSPS) is 14.8. The van der Waals surface area contributed by atoms with Crippen LogP contribution >= 0.6 is 15.9 Å². The molecule has 1 fully saturated rings. The van der Waals surface area contributed by atoms with Gasteiger partial charge >= 0.3 is 0 Å². The molecule has 1 aliphatic rings. The fourth-order valence-corrected chi connectivity index (χ4v) is 2.81. The second-order valence-electron chi connectivity index (χ2n) is 4.71. The molecule has 0 atom stereocenters. The van der Waals surface area contributed by atoms with E-state index in [1.54, 1.807) is 0 Å². The van der Waals surface area contributed by atoms with Crippen LogP contribution in [0.1, 0.15) is 25.3 Å². The topological polar surface area (TPSA) is 35.5 Å². The van der Waals surface area contributed by atoms with E-state index in [1.807, 2.05) is 0 Å². The number of hydrogen-bond acceptors (Lipinski definition) is 3. The van der Waals surface area contributed by atoms with Crippen LogP contribution in [0.25, 0.3) is 0 Å². The summed E-state index contributed by atoms with van der Waals surface area (Å²) in [5.74, 6) is 0. The first kappa shape index (κ1) is 13.8. The minimum Gasteiger partial charge on any atom is -0.395 e. The molecule has 1 saturated carbocycles. The van der Waals surface area contributed by atoms with Crippen LogP contribution in [0.4, 0.5) is 5.69 Å². The zero-order valence-electron chi connectivity index (χ0n) is 10.8. The Labute approximate surface area is 117 Å². The fraction of sp³-hybridized carbons (Fsp3) is 0.571. The number of nitrogens with zero attached hydrogens (tertiary/aromatic N) is 1. The van der Waals surface area contributed by atoms with Gasteiger partial charge in [0.05, 0.1) is 12.3 Å². The summed E-state index contributed by atoms with van der Waals surface area (Å²) >= 11 is 3.65. The SMILES string of the molecule is CCNCc1ccc(N(CCO)C2CC2)c(Br)c1. The van der Waals surface area contributed by atoms with Crippen molar-refractivity contribution in [2.24, 2.45) is 0 Å². The Kier molecular flexibility index (Phi) is 5.03. The van der Waals surface area contributed by atoms with E-state index < -0.39 is 0 Å². The molecular weight excluding hydrogens is 292 g/mol. The van der Waals surface area contributed by atoms with Gasteiger partial charge in [-0.2, -0.15) is 0 Å². The van der Waals surface area contributed by atoms with Crippen LogP contribution in [0.15, 0.2) is 22.7 Å². The van der Waals surface area contributed by atoms with E-state index >= 15 is 0 Å². The number of nitrogens with one attached hydrogen (secondary N) is 1. The molecule has 2 N–H and O–H groups in total. The van der Waals surface area contributed by atoms with Crippen LogP contribution in [-0.2, 0) is 6.54 Å². The molecule has 0 spiro atoms. The maximum atomic E-state index is 9.17. The van der Waals surface area contributed by atoms with Gasteiger partial charge in [-0.05, 0) is 53.0 Å². The van der Waals surface area contributed by atoms with E-state index in [0.29, 0.717) is 6.04 Å². The van der Waals surface area contributed by atoms with E-state index in [9.17, 15) is 0 Å². The minimum atomic E-state index is 0.210. The molecule has 0 amide bonds. The largest absolute Gasteiger partial charge is 0.395 e. The molecule has 1 aromatic carbocycles. The molecule has 18 heavy (non-hydrogen) atoms. The maximum Gasteiger partial charge on any atom is 0.0606 e. The van der Waals surface area contributed by atoms with Crippen LogP contribution in [0, 0.1) is 0 Å². The monoisotopic (exact) mass is 312 g/mol. The highest BCUT2D eigenvalue weighted by Gasteiger charge is 2.29. The summed E-state index contributed by atoms with van der Waals surface area (Å²) in [5, 5.41) is 12.5. The van der Waals surface area contributed by atoms with Crippen molar-refractivity contribution in [3.8, 4) is 0 Å². The van der Waals surface area contributed by atoms with Gasteiger partial charge < -0.3 is 15.3 Å². The second kappa shape index (κ2) is 6.55. The van der Waals surface area contributed by atoms with Crippen molar-refractivity contribution < 1.29 is 5.11 Å². The van der Waals surface area contributed by atoms with Crippen LogP contribution in [0.2, 0.25) is 0 Å². The third-order valence-electron chi connectivity index (χ3n) is 3.23. The highest BCUT2D eigenvalue weighted by atomic mass is 79.9. The van der Waals surface area contributed by atoms with E-state index in [0.717, 1.165) is 24.1 Å². The molecule has 3 nitrogen and oxygen atoms in total. The molecule has 0 unspecified atom stereocenters. The van der Waals surface area contributed by atoms with E-state index in [-0.39, 0.29) is 6.61 Å². The lowest BCUT2D eigenvalue weighted by molar-refractivity contribution is 0.301. The summed E-state index contributed by atoms with van der Waals surface area (Å²) in [5.41, 5.74) is 2.49. The molecule has 0 aromatic heterocycles. The Bertz CT molecular complexity index is 393. The number of halogens is 1. The lowest BCUT2D eigenvalue weighted by Gasteiger charge is -2.25. The zero-order valence-corrected chi connectivity index (χ0v) is 12.4. The number of hydrogen-bond donors (Lipinski definition) is 2. The number of rotatable bonds is 7. The number of benzene rings is 1. The number of anilines is 1. The molecule has 0 radical (unpaired) electrons. The van der Waals surface area contributed by atoms with Crippen molar-refractivity contribution in [2.75, 3.05) is 24.6 Å². The molecule has 2 rings (SSSR count). The summed E-state index contributed by atoms with van der Waals surface area (Å²) in [6, 6.07) is 7.11. The zero-order chi connectivity index (χ0) is 13.0. The summed E-state index contributed by atoms with van der Waals surface area (Å²) < 4.78 is 1.12. The summed E-state index contributed by atoms with van der Waals surface area (Å²) in [7, 11) is 0. The summed E-state index contributed by atoms with van der Waals surface area (Å²) in [6.45, 7) is 4.92. The van der Waals surface area contributed by atoms with E-state index in [2.05, 4.69) is 51.3 Å². The van der Waals surface area contributed by atoms with Crippen LogP contribution < -0.4 is 10.2 Å². The van der Waals surface area contributed by atoms with Crippen molar-refractivity contribution >= 4 is 21.6 Å². The quantitative estimate of drug-likeness (QED) is 0.812. The molecule has 0 bridgehead atoms. The van der Waals surface area contributed by atoms with E-state index in [4.69, 9.17) is 5.11 Å². The first-order valence-electron chi connectivity index (χ1n) is 6.63. The molecule has 1 aliphatic carbocycles. The standard InChI is InChI=1S/C14H21BrN2O/c1-2-16-10-11-3-6-14(13(15)9-11)17(7-8-18)12-4-5-12/h3,6,9,12,16,18H,2,4-5,7-8,10H2,1H3. The van der Waals surface area contributed by atoms with Gasteiger partial charge in [-0.3, -0.25) is 0 Å². The van der Waals surface area contributed by atoms with Gasteiger partial charge in [0.15, 0.2) is 0 Å². The predicted molar refractivity (Wildman–Crippen MR) is 79.0 cm³/mol. The molecule has 1 aromatic rings. The average molecular weight is 313 g/mol. The van der Waals surface area contributed by atoms with Crippen molar-refractivity contribution in [1.82, 2.24) is 5.32 Å². The molecule has 100 valence electrons. The molecule has 4 heteroatoms. The predicted octanol–water partition coefficient (Wildman–Crippen LogP) is 2.52. The number of aliphatic hydroxyl groups excluding tert-OH is 1. The first-order valence-corrected chi connectivity index (χ1v) is 7.42. The van der Waals surface area contributed by atoms with Gasteiger partial charge in [0.2, 0.25) is 0 Å².